The number of nitrogens with one attached hydrogen (secondary N) is 2. The number of hydrogen-bond donors (Lipinski definition) is 2. The molecule has 2 rings (SSSR count). The van der Waals surface area contributed by atoms with Crippen molar-refractivity contribution in [3.8, 4) is 5.75 Å². The molecule has 0 aromatic heterocycles. The first-order chi connectivity index (χ1) is 9.96. The molecule has 0 saturated carbocycles. The van der Waals surface area contributed by atoms with Gasteiger partial charge in [0.15, 0.2) is 0 Å². The summed E-state index contributed by atoms with van der Waals surface area (Å²) in [6.07, 6.45) is 1.71. The molecular formula is C14H19N3O4. The third kappa shape index (κ3) is 3.30. The molecule has 1 aliphatic rings. The van der Waals surface area contributed by atoms with Gasteiger partial charge in [-0.15, -0.1) is 0 Å². The van der Waals surface area contributed by atoms with Gasteiger partial charge in [-0.2, -0.15) is 0 Å². The molecule has 0 radical (unpaired) electrons. The Labute approximate surface area is 122 Å². The topological polar surface area (TPSA) is 93.5 Å². The van der Waals surface area contributed by atoms with Crippen LogP contribution in [0.3, 0.4) is 0 Å². The fraction of sp³-hybridized carbons (Fsp3) is 0.500. The normalized spacial score (nSPS) is 21.6. The molecule has 1 amide bonds. The Balaban J connectivity index is 2.23. The molecule has 1 heterocycles. The Morgan fingerprint density at radius 1 is 1.52 bits per heavy atom. The van der Waals surface area contributed by atoms with Crippen molar-refractivity contribution < 1.29 is 14.5 Å². The van der Waals surface area contributed by atoms with Gasteiger partial charge in [-0.05, 0) is 32.4 Å². The molecule has 1 aromatic rings. The van der Waals surface area contributed by atoms with Gasteiger partial charge in [-0.1, -0.05) is 0 Å². The Bertz CT molecular complexity index is 553. The minimum atomic E-state index is -0.520. The van der Waals surface area contributed by atoms with Crippen molar-refractivity contribution >= 4 is 17.3 Å². The zero-order valence-electron chi connectivity index (χ0n) is 12.1. The molecule has 0 bridgehead atoms. The number of non-ortho nitro benzene ring substituents is 1. The number of methoxy groups -OCH3 is 1. The lowest BCUT2D eigenvalue weighted by Gasteiger charge is -2.32. The van der Waals surface area contributed by atoms with Crippen LogP contribution in [0.4, 0.5) is 11.4 Å². The van der Waals surface area contributed by atoms with E-state index in [2.05, 4.69) is 10.6 Å². The summed E-state index contributed by atoms with van der Waals surface area (Å²) in [5.74, 6) is 0.245. The monoisotopic (exact) mass is 293 g/mol. The van der Waals surface area contributed by atoms with E-state index < -0.39 is 10.3 Å². The molecule has 21 heavy (non-hydrogen) atoms. The summed E-state index contributed by atoms with van der Waals surface area (Å²) in [5, 5.41) is 16.8. The van der Waals surface area contributed by atoms with Crippen molar-refractivity contribution in [2.45, 2.75) is 19.8 Å². The van der Waals surface area contributed by atoms with E-state index in [0.29, 0.717) is 18.0 Å². The van der Waals surface area contributed by atoms with Gasteiger partial charge < -0.3 is 15.4 Å². The van der Waals surface area contributed by atoms with Crippen LogP contribution >= 0.6 is 0 Å². The Morgan fingerprint density at radius 3 is 2.86 bits per heavy atom. The molecule has 1 aromatic carbocycles. The van der Waals surface area contributed by atoms with Crippen molar-refractivity contribution in [3.05, 3.63) is 28.3 Å². The third-order valence-corrected chi connectivity index (χ3v) is 3.79. The van der Waals surface area contributed by atoms with E-state index >= 15 is 0 Å². The van der Waals surface area contributed by atoms with Crippen LogP contribution in [-0.4, -0.2) is 31.0 Å². The lowest BCUT2D eigenvalue weighted by atomic mass is 9.82. The van der Waals surface area contributed by atoms with E-state index in [-0.39, 0.29) is 11.6 Å². The standard InChI is InChI=1S/C14H19N3O4/c1-14(6-3-7-15-9-14)13(18)16-11-8-10(17(19)20)4-5-12(11)21-2/h4-5,8,15H,3,6-7,9H2,1-2H3,(H,16,18). The Morgan fingerprint density at radius 2 is 2.29 bits per heavy atom. The molecule has 0 aliphatic carbocycles. The Kier molecular flexibility index (Phi) is 4.42. The fourth-order valence-electron chi connectivity index (χ4n) is 2.43. The van der Waals surface area contributed by atoms with Gasteiger partial charge in [-0.25, -0.2) is 0 Å². The highest BCUT2D eigenvalue weighted by atomic mass is 16.6. The molecule has 7 heteroatoms. The molecule has 1 fully saturated rings. The van der Waals surface area contributed by atoms with E-state index in [1.807, 2.05) is 6.92 Å². The van der Waals surface area contributed by atoms with Gasteiger partial charge in [0.2, 0.25) is 5.91 Å². The summed E-state index contributed by atoms with van der Waals surface area (Å²) in [5.41, 5.74) is -0.282. The molecule has 1 atom stereocenters. The van der Waals surface area contributed by atoms with Crippen LogP contribution in [0.2, 0.25) is 0 Å². The van der Waals surface area contributed by atoms with E-state index in [9.17, 15) is 14.9 Å². The zero-order chi connectivity index (χ0) is 15.5. The number of carbonyl (C=O) groups excluding carboxylic acids is 1. The number of nitro benzene ring substituents is 1. The number of nitro groups is 1. The molecule has 7 nitrogen and oxygen atoms in total. The second-order valence-electron chi connectivity index (χ2n) is 5.44. The van der Waals surface area contributed by atoms with Gasteiger partial charge in [0.05, 0.1) is 23.1 Å². The number of benzene rings is 1. The maximum absolute atomic E-state index is 12.5. The first kappa shape index (κ1) is 15.2. The van der Waals surface area contributed by atoms with Gasteiger partial charge in [0, 0.05) is 18.7 Å². The van der Waals surface area contributed by atoms with E-state index in [0.717, 1.165) is 19.4 Å². The number of hydrogen-bond acceptors (Lipinski definition) is 5. The van der Waals surface area contributed by atoms with Crippen LogP contribution in [0.5, 0.6) is 5.75 Å². The number of rotatable bonds is 4. The first-order valence-corrected chi connectivity index (χ1v) is 6.81. The fourth-order valence-corrected chi connectivity index (χ4v) is 2.43. The summed E-state index contributed by atoms with van der Waals surface area (Å²) in [7, 11) is 1.46. The molecule has 2 N–H and O–H groups in total. The van der Waals surface area contributed by atoms with Gasteiger partial charge in [0.1, 0.15) is 5.75 Å². The van der Waals surface area contributed by atoms with Crippen molar-refractivity contribution in [2.75, 3.05) is 25.5 Å². The number of amides is 1. The SMILES string of the molecule is COc1ccc([N+](=O)[O-])cc1NC(=O)C1(C)CCCNC1. The third-order valence-electron chi connectivity index (χ3n) is 3.79. The molecule has 1 unspecified atom stereocenters. The van der Waals surface area contributed by atoms with Gasteiger partial charge >= 0.3 is 0 Å². The molecule has 114 valence electrons. The lowest BCUT2D eigenvalue weighted by Crippen LogP contribution is -2.46. The number of nitrogens with zero attached hydrogens (tertiary/aromatic N) is 1. The highest BCUT2D eigenvalue weighted by Gasteiger charge is 2.35. The molecule has 0 spiro atoms. The highest BCUT2D eigenvalue weighted by molar-refractivity contribution is 5.96. The number of carbonyl (C=O) groups is 1. The molecular weight excluding hydrogens is 274 g/mol. The van der Waals surface area contributed by atoms with Gasteiger partial charge in [0.25, 0.3) is 5.69 Å². The summed E-state index contributed by atoms with van der Waals surface area (Å²) in [6, 6.07) is 4.14. The maximum atomic E-state index is 12.5. The lowest BCUT2D eigenvalue weighted by molar-refractivity contribution is -0.384. The quantitative estimate of drug-likeness (QED) is 0.653. The summed E-state index contributed by atoms with van der Waals surface area (Å²) >= 11 is 0. The van der Waals surface area contributed by atoms with E-state index in [1.165, 1.54) is 25.3 Å². The van der Waals surface area contributed by atoms with Crippen molar-refractivity contribution in [1.82, 2.24) is 5.32 Å². The zero-order valence-corrected chi connectivity index (χ0v) is 12.1. The van der Waals surface area contributed by atoms with Crippen LogP contribution in [0.25, 0.3) is 0 Å². The summed E-state index contributed by atoms with van der Waals surface area (Å²) in [4.78, 5) is 22.8. The van der Waals surface area contributed by atoms with Crippen LogP contribution in [0.15, 0.2) is 18.2 Å². The highest BCUT2D eigenvalue weighted by Crippen LogP contribution is 2.32. The summed E-state index contributed by atoms with van der Waals surface area (Å²) in [6.45, 7) is 3.39. The minimum Gasteiger partial charge on any atom is -0.495 e. The first-order valence-electron chi connectivity index (χ1n) is 6.81. The minimum absolute atomic E-state index is 0.0852. The smallest absolute Gasteiger partial charge is 0.271 e. The van der Waals surface area contributed by atoms with Crippen LogP contribution in [0.1, 0.15) is 19.8 Å². The van der Waals surface area contributed by atoms with Crippen LogP contribution in [0, 0.1) is 15.5 Å². The maximum Gasteiger partial charge on any atom is 0.271 e. The number of ether oxygens (including phenoxy) is 1. The van der Waals surface area contributed by atoms with E-state index in [4.69, 9.17) is 4.74 Å². The largest absolute Gasteiger partial charge is 0.495 e. The van der Waals surface area contributed by atoms with Gasteiger partial charge in [-0.3, -0.25) is 14.9 Å². The van der Waals surface area contributed by atoms with E-state index in [1.54, 1.807) is 0 Å². The average Bonchev–Trinajstić information content (AvgIpc) is 2.47. The Hall–Kier alpha value is -2.15. The number of anilines is 1. The van der Waals surface area contributed by atoms with Crippen LogP contribution in [-0.2, 0) is 4.79 Å². The number of piperidine rings is 1. The second-order valence-corrected chi connectivity index (χ2v) is 5.44. The van der Waals surface area contributed by atoms with Crippen molar-refractivity contribution in [2.24, 2.45) is 5.41 Å². The summed E-state index contributed by atoms with van der Waals surface area (Å²) < 4.78 is 5.15. The van der Waals surface area contributed by atoms with Crippen LogP contribution < -0.4 is 15.4 Å². The molecule has 1 aliphatic heterocycles. The van der Waals surface area contributed by atoms with Crippen molar-refractivity contribution in [3.63, 3.8) is 0 Å². The molecule has 1 saturated heterocycles. The second kappa shape index (κ2) is 6.09. The predicted molar refractivity (Wildman–Crippen MR) is 78.5 cm³/mol. The van der Waals surface area contributed by atoms with Crippen molar-refractivity contribution in [1.29, 1.82) is 0 Å². The predicted octanol–water partition coefficient (Wildman–Crippen LogP) is 1.93. The average molecular weight is 293 g/mol.